The molecule has 1 fully saturated rings. The first-order chi connectivity index (χ1) is 9.12. The molecular formula is C16H28O4. The molecule has 1 N–H and O–H groups in total. The summed E-state index contributed by atoms with van der Waals surface area (Å²) in [6.07, 6.45) is 3.68. The fourth-order valence-corrected chi connectivity index (χ4v) is 2.32. The number of aliphatic carboxylic acids is 1. The molecule has 0 aliphatic carbocycles. The van der Waals surface area contributed by atoms with Crippen molar-refractivity contribution in [2.75, 3.05) is 0 Å². The highest BCUT2D eigenvalue weighted by Crippen LogP contribution is 2.34. The van der Waals surface area contributed by atoms with E-state index in [0.29, 0.717) is 11.8 Å². The maximum Gasteiger partial charge on any atom is 0.306 e. The Morgan fingerprint density at radius 3 is 2.30 bits per heavy atom. The van der Waals surface area contributed by atoms with E-state index < -0.39 is 17.9 Å². The maximum absolute atomic E-state index is 10.9. The topological polar surface area (TPSA) is 55.8 Å². The van der Waals surface area contributed by atoms with Crippen molar-refractivity contribution in [2.24, 2.45) is 17.8 Å². The number of carboxylic acid groups (broad SMARTS) is 1. The summed E-state index contributed by atoms with van der Waals surface area (Å²) in [4.78, 5) is 10.9. The van der Waals surface area contributed by atoms with Crippen LogP contribution >= 0.6 is 0 Å². The molecule has 0 bridgehead atoms. The van der Waals surface area contributed by atoms with Crippen LogP contribution in [0.25, 0.3) is 0 Å². The minimum absolute atomic E-state index is 0.0218. The summed E-state index contributed by atoms with van der Waals surface area (Å²) < 4.78 is 11.6. The van der Waals surface area contributed by atoms with Gasteiger partial charge in [-0.3, -0.25) is 4.79 Å². The van der Waals surface area contributed by atoms with Crippen molar-refractivity contribution in [3.05, 3.63) is 12.2 Å². The molecule has 0 saturated carbocycles. The first-order valence-corrected chi connectivity index (χ1v) is 7.38. The maximum atomic E-state index is 10.9. The van der Waals surface area contributed by atoms with Gasteiger partial charge in [-0.1, -0.05) is 39.8 Å². The zero-order valence-corrected chi connectivity index (χ0v) is 13.4. The lowest BCUT2D eigenvalue weighted by atomic mass is 9.93. The van der Waals surface area contributed by atoms with E-state index in [-0.39, 0.29) is 18.4 Å². The first kappa shape index (κ1) is 17.2. The molecule has 0 aromatic heterocycles. The van der Waals surface area contributed by atoms with E-state index in [2.05, 4.69) is 32.9 Å². The van der Waals surface area contributed by atoms with Gasteiger partial charge in [-0.15, -0.1) is 0 Å². The van der Waals surface area contributed by atoms with Gasteiger partial charge in [-0.25, -0.2) is 0 Å². The number of hydrogen-bond acceptors (Lipinski definition) is 3. The fraction of sp³-hybridized carbons (Fsp3) is 0.812. The second-order valence-corrected chi connectivity index (χ2v) is 6.58. The fourth-order valence-electron chi connectivity index (χ4n) is 2.32. The predicted octanol–water partition coefficient (Wildman–Crippen LogP) is 3.47. The molecule has 0 amide bonds. The number of hydrogen-bond donors (Lipinski definition) is 1. The first-order valence-electron chi connectivity index (χ1n) is 7.38. The van der Waals surface area contributed by atoms with Gasteiger partial charge in [0.2, 0.25) is 0 Å². The van der Waals surface area contributed by atoms with Crippen molar-refractivity contribution in [2.45, 2.75) is 66.0 Å². The van der Waals surface area contributed by atoms with E-state index in [9.17, 15) is 4.79 Å². The largest absolute Gasteiger partial charge is 0.481 e. The Bertz CT molecular complexity index is 359. The molecule has 4 atom stereocenters. The molecule has 4 heteroatoms. The lowest BCUT2D eigenvalue weighted by molar-refractivity contribution is -0.153. The third-order valence-electron chi connectivity index (χ3n) is 3.89. The van der Waals surface area contributed by atoms with Gasteiger partial charge in [-0.2, -0.15) is 0 Å². The van der Waals surface area contributed by atoms with Gasteiger partial charge in [0.05, 0.1) is 18.6 Å². The van der Waals surface area contributed by atoms with Gasteiger partial charge < -0.3 is 14.6 Å². The molecule has 4 nitrogen and oxygen atoms in total. The second kappa shape index (κ2) is 6.72. The van der Waals surface area contributed by atoms with Crippen molar-refractivity contribution in [3.63, 3.8) is 0 Å². The molecule has 20 heavy (non-hydrogen) atoms. The molecule has 1 aliphatic rings. The van der Waals surface area contributed by atoms with Gasteiger partial charge in [-0.05, 0) is 25.7 Å². The van der Waals surface area contributed by atoms with Crippen LogP contribution in [-0.2, 0) is 14.3 Å². The molecule has 0 radical (unpaired) electrons. The second-order valence-electron chi connectivity index (χ2n) is 6.58. The summed E-state index contributed by atoms with van der Waals surface area (Å²) in [5.41, 5.74) is 0. The van der Waals surface area contributed by atoms with E-state index in [1.165, 1.54) is 0 Å². The number of ether oxygens (including phenoxy) is 2. The highest BCUT2D eigenvalue weighted by molar-refractivity contribution is 5.67. The van der Waals surface area contributed by atoms with E-state index in [1.807, 2.05) is 20.8 Å². The van der Waals surface area contributed by atoms with Gasteiger partial charge in [0.25, 0.3) is 0 Å². The Labute approximate surface area is 122 Å². The molecular weight excluding hydrogens is 256 g/mol. The van der Waals surface area contributed by atoms with Gasteiger partial charge in [0.15, 0.2) is 5.79 Å². The van der Waals surface area contributed by atoms with E-state index in [0.717, 1.165) is 0 Å². The van der Waals surface area contributed by atoms with Gasteiger partial charge in [0.1, 0.15) is 0 Å². The summed E-state index contributed by atoms with van der Waals surface area (Å²) in [7, 11) is 0. The summed E-state index contributed by atoms with van der Waals surface area (Å²) in [6, 6.07) is 0. The molecule has 1 heterocycles. The predicted molar refractivity (Wildman–Crippen MR) is 78.4 cm³/mol. The molecule has 0 aromatic carbocycles. The van der Waals surface area contributed by atoms with Gasteiger partial charge in [0, 0.05) is 5.92 Å². The Kier molecular flexibility index (Phi) is 5.78. The average Bonchev–Trinajstić information content (AvgIpc) is 2.59. The number of carbonyl (C=O) groups is 1. The zero-order chi connectivity index (χ0) is 15.5. The smallest absolute Gasteiger partial charge is 0.306 e. The molecule has 116 valence electrons. The Morgan fingerprint density at radius 1 is 1.20 bits per heavy atom. The van der Waals surface area contributed by atoms with Crippen LogP contribution in [0.2, 0.25) is 0 Å². The Morgan fingerprint density at radius 2 is 1.80 bits per heavy atom. The summed E-state index contributed by atoms with van der Waals surface area (Å²) in [5.74, 6) is -0.359. The van der Waals surface area contributed by atoms with Crippen LogP contribution in [0.15, 0.2) is 12.2 Å². The van der Waals surface area contributed by atoms with Crippen LogP contribution in [0.5, 0.6) is 0 Å². The molecule has 1 saturated heterocycles. The molecule has 0 aromatic rings. The normalized spacial score (nSPS) is 28.9. The Hall–Kier alpha value is -0.870. The SMILES string of the molecule is CC(/C=C\[C@H](C)C(C)C)[C@H]1OC(C)(C)O[C@H]1CC(=O)O. The van der Waals surface area contributed by atoms with E-state index in [4.69, 9.17) is 14.6 Å². The molecule has 0 spiro atoms. The summed E-state index contributed by atoms with van der Waals surface area (Å²) in [6.45, 7) is 12.3. The average molecular weight is 284 g/mol. The van der Waals surface area contributed by atoms with Crippen LogP contribution in [0.3, 0.4) is 0 Å². The lowest BCUT2D eigenvalue weighted by Gasteiger charge is -2.21. The number of carboxylic acids is 1. The lowest BCUT2D eigenvalue weighted by Crippen LogP contribution is -2.30. The summed E-state index contributed by atoms with van der Waals surface area (Å²) in [5, 5.41) is 8.98. The van der Waals surface area contributed by atoms with Crippen molar-refractivity contribution < 1.29 is 19.4 Å². The molecule has 1 unspecified atom stereocenters. The quantitative estimate of drug-likeness (QED) is 0.759. The third kappa shape index (κ3) is 4.91. The van der Waals surface area contributed by atoms with Crippen molar-refractivity contribution >= 4 is 5.97 Å². The number of allylic oxidation sites excluding steroid dienone is 1. The highest BCUT2D eigenvalue weighted by Gasteiger charge is 2.43. The minimum Gasteiger partial charge on any atom is -0.481 e. The monoisotopic (exact) mass is 284 g/mol. The summed E-state index contributed by atoms with van der Waals surface area (Å²) >= 11 is 0. The number of rotatable bonds is 6. The van der Waals surface area contributed by atoms with Crippen LogP contribution < -0.4 is 0 Å². The standard InChI is InChI=1S/C16H28O4/c1-10(2)11(3)7-8-12(4)15-13(9-14(17)18)19-16(5,6)20-15/h7-8,10-13,15H,9H2,1-6H3,(H,17,18)/b8-7-/t11-,12?,13-,15+/m0/s1. The van der Waals surface area contributed by atoms with Crippen LogP contribution in [0.4, 0.5) is 0 Å². The van der Waals surface area contributed by atoms with Crippen LogP contribution in [-0.4, -0.2) is 29.1 Å². The van der Waals surface area contributed by atoms with Crippen LogP contribution in [0, 0.1) is 17.8 Å². The minimum atomic E-state index is -0.854. The van der Waals surface area contributed by atoms with Crippen molar-refractivity contribution in [3.8, 4) is 0 Å². The van der Waals surface area contributed by atoms with Crippen LogP contribution in [0.1, 0.15) is 48.0 Å². The molecule has 1 rings (SSSR count). The van der Waals surface area contributed by atoms with E-state index in [1.54, 1.807) is 0 Å². The third-order valence-corrected chi connectivity index (χ3v) is 3.89. The zero-order valence-electron chi connectivity index (χ0n) is 13.4. The van der Waals surface area contributed by atoms with E-state index >= 15 is 0 Å². The van der Waals surface area contributed by atoms with Crippen molar-refractivity contribution in [1.29, 1.82) is 0 Å². The Balaban J connectivity index is 2.73. The highest BCUT2D eigenvalue weighted by atomic mass is 16.8. The van der Waals surface area contributed by atoms with Crippen molar-refractivity contribution in [1.82, 2.24) is 0 Å². The molecule has 1 aliphatic heterocycles. The van der Waals surface area contributed by atoms with Gasteiger partial charge >= 0.3 is 5.97 Å².